The number of aromatic nitrogens is 1. The van der Waals surface area contributed by atoms with Crippen molar-refractivity contribution < 1.29 is 19.0 Å². The van der Waals surface area contributed by atoms with E-state index in [1.54, 1.807) is 0 Å². The first-order valence-corrected chi connectivity index (χ1v) is 8.64. The lowest BCUT2D eigenvalue weighted by molar-refractivity contribution is -0.142. The topological polar surface area (TPSA) is 72.6 Å². The third-order valence-corrected chi connectivity index (χ3v) is 3.43. The fourth-order valence-electron chi connectivity index (χ4n) is 2.45. The van der Waals surface area contributed by atoms with Gasteiger partial charge in [0.1, 0.15) is 5.60 Å². The molecule has 6 nitrogen and oxygen atoms in total. The predicted molar refractivity (Wildman–Crippen MR) is 97.4 cm³/mol. The summed E-state index contributed by atoms with van der Waals surface area (Å²) in [5, 5.41) is 3.84. The average molecular weight is 348 g/mol. The maximum absolute atomic E-state index is 11.8. The van der Waals surface area contributed by atoms with E-state index in [9.17, 15) is 4.79 Å². The van der Waals surface area contributed by atoms with Crippen LogP contribution in [-0.4, -0.2) is 29.9 Å². The fourth-order valence-corrected chi connectivity index (χ4v) is 2.45. The molecule has 0 fully saturated rings. The number of ether oxygens (including phenoxy) is 3. The van der Waals surface area contributed by atoms with Crippen LogP contribution in [0.4, 0.5) is 4.79 Å². The second-order valence-electron chi connectivity index (χ2n) is 6.74. The van der Waals surface area contributed by atoms with Gasteiger partial charge in [-0.15, -0.1) is 0 Å². The summed E-state index contributed by atoms with van der Waals surface area (Å²) < 4.78 is 16.5. The van der Waals surface area contributed by atoms with Gasteiger partial charge in [0.15, 0.2) is 6.29 Å². The Morgan fingerprint density at radius 3 is 2.44 bits per heavy atom. The monoisotopic (exact) mass is 348 g/mol. The molecule has 0 aliphatic rings. The van der Waals surface area contributed by atoms with E-state index in [0.29, 0.717) is 19.8 Å². The minimum absolute atomic E-state index is 0.397. The standard InChI is InChI=1S/C19H28N2O4/c1-6-23-17(24-7-2)16-11-14-9-8-13(10-15(14)21-16)12-20-18(22)25-19(3,4)5/h8-11,17,21H,6-7,12H2,1-5H3,(H,20,22). The minimum atomic E-state index is -0.504. The van der Waals surface area contributed by atoms with Gasteiger partial charge in [-0.2, -0.15) is 0 Å². The molecular weight excluding hydrogens is 320 g/mol. The zero-order chi connectivity index (χ0) is 18.4. The number of benzene rings is 1. The van der Waals surface area contributed by atoms with Crippen LogP contribution in [0.5, 0.6) is 0 Å². The summed E-state index contributed by atoms with van der Waals surface area (Å²) in [6.07, 6.45) is -0.821. The van der Waals surface area contributed by atoms with E-state index >= 15 is 0 Å². The summed E-state index contributed by atoms with van der Waals surface area (Å²) in [4.78, 5) is 15.1. The van der Waals surface area contributed by atoms with Crippen LogP contribution in [0.2, 0.25) is 0 Å². The lowest BCUT2D eigenvalue weighted by Gasteiger charge is -2.19. The lowest BCUT2D eigenvalue weighted by Crippen LogP contribution is -2.32. The highest BCUT2D eigenvalue weighted by Gasteiger charge is 2.16. The van der Waals surface area contributed by atoms with E-state index in [2.05, 4.69) is 10.3 Å². The minimum Gasteiger partial charge on any atom is -0.444 e. The van der Waals surface area contributed by atoms with Crippen molar-refractivity contribution in [2.75, 3.05) is 13.2 Å². The van der Waals surface area contributed by atoms with Gasteiger partial charge in [0.2, 0.25) is 0 Å². The van der Waals surface area contributed by atoms with Gasteiger partial charge < -0.3 is 24.5 Å². The van der Waals surface area contributed by atoms with Crippen molar-refractivity contribution in [3.63, 3.8) is 0 Å². The molecule has 6 heteroatoms. The molecule has 2 rings (SSSR count). The van der Waals surface area contributed by atoms with Crippen LogP contribution in [-0.2, 0) is 20.8 Å². The first kappa shape index (κ1) is 19.3. The first-order chi connectivity index (χ1) is 11.8. The van der Waals surface area contributed by atoms with Crippen LogP contribution in [0, 0.1) is 0 Å². The number of alkyl carbamates (subject to hydrolysis) is 1. The Bertz CT molecular complexity index is 697. The van der Waals surface area contributed by atoms with Gasteiger partial charge in [-0.25, -0.2) is 4.79 Å². The quantitative estimate of drug-likeness (QED) is 0.733. The normalized spacial score (nSPS) is 11.9. The molecule has 2 aromatic rings. The summed E-state index contributed by atoms with van der Waals surface area (Å²) in [6, 6.07) is 8.02. The zero-order valence-corrected chi connectivity index (χ0v) is 15.6. The molecule has 0 radical (unpaired) electrons. The SMILES string of the molecule is CCOC(OCC)c1cc2ccc(CNC(=O)OC(C)(C)C)cc2[nH]1. The molecule has 0 saturated heterocycles. The predicted octanol–water partition coefficient (Wildman–Crippen LogP) is 4.26. The number of carbonyl (C=O) groups excluding carboxylic acids is 1. The Kier molecular flexibility index (Phi) is 6.45. The van der Waals surface area contributed by atoms with Crippen LogP contribution >= 0.6 is 0 Å². The molecule has 0 unspecified atom stereocenters. The van der Waals surface area contributed by atoms with E-state index < -0.39 is 18.0 Å². The first-order valence-electron chi connectivity index (χ1n) is 8.64. The van der Waals surface area contributed by atoms with Gasteiger partial charge in [-0.1, -0.05) is 12.1 Å². The van der Waals surface area contributed by atoms with Crippen molar-refractivity contribution in [1.29, 1.82) is 0 Å². The molecule has 0 atom stereocenters. The number of carbonyl (C=O) groups is 1. The number of hydrogen-bond acceptors (Lipinski definition) is 4. The third kappa shape index (κ3) is 5.76. The fraction of sp³-hybridized carbons (Fsp3) is 0.526. The van der Waals surface area contributed by atoms with Crippen LogP contribution in [0.1, 0.15) is 52.2 Å². The smallest absolute Gasteiger partial charge is 0.407 e. The van der Waals surface area contributed by atoms with E-state index in [1.165, 1.54) is 0 Å². The van der Waals surface area contributed by atoms with Crippen molar-refractivity contribution in [3.05, 3.63) is 35.5 Å². The third-order valence-electron chi connectivity index (χ3n) is 3.43. The van der Waals surface area contributed by atoms with Crippen LogP contribution in [0.25, 0.3) is 10.9 Å². The molecular formula is C19H28N2O4. The van der Waals surface area contributed by atoms with Crippen molar-refractivity contribution in [3.8, 4) is 0 Å². The Hall–Kier alpha value is -2.05. The van der Waals surface area contributed by atoms with Gasteiger partial charge in [-0.05, 0) is 57.7 Å². The molecule has 1 amide bonds. The Morgan fingerprint density at radius 2 is 1.84 bits per heavy atom. The van der Waals surface area contributed by atoms with E-state index in [1.807, 2.05) is 58.9 Å². The van der Waals surface area contributed by atoms with Crippen LogP contribution < -0.4 is 5.32 Å². The average Bonchev–Trinajstić information content (AvgIpc) is 2.94. The summed E-state index contributed by atoms with van der Waals surface area (Å²) in [5.41, 5.74) is 2.34. The highest BCUT2D eigenvalue weighted by Crippen LogP contribution is 2.24. The maximum atomic E-state index is 11.8. The Morgan fingerprint density at radius 1 is 1.16 bits per heavy atom. The number of H-pyrrole nitrogens is 1. The molecule has 0 spiro atoms. The van der Waals surface area contributed by atoms with Crippen molar-refractivity contribution in [1.82, 2.24) is 10.3 Å². The molecule has 0 bridgehead atoms. The Balaban J connectivity index is 2.07. The van der Waals surface area contributed by atoms with Crippen LogP contribution in [0.15, 0.2) is 24.3 Å². The summed E-state index contributed by atoms with van der Waals surface area (Å²) >= 11 is 0. The summed E-state index contributed by atoms with van der Waals surface area (Å²) in [6.45, 7) is 10.9. The number of amides is 1. The molecule has 138 valence electrons. The highest BCUT2D eigenvalue weighted by molar-refractivity contribution is 5.81. The summed E-state index contributed by atoms with van der Waals surface area (Å²) in [7, 11) is 0. The highest BCUT2D eigenvalue weighted by atomic mass is 16.7. The van der Waals surface area contributed by atoms with Gasteiger partial charge in [0.05, 0.1) is 5.69 Å². The van der Waals surface area contributed by atoms with Crippen LogP contribution in [0.3, 0.4) is 0 Å². The second kappa shape index (κ2) is 8.36. The number of hydrogen-bond donors (Lipinski definition) is 2. The van der Waals surface area contributed by atoms with Gasteiger partial charge in [0.25, 0.3) is 0 Å². The molecule has 0 aliphatic heterocycles. The van der Waals surface area contributed by atoms with Crippen molar-refractivity contribution >= 4 is 17.0 Å². The van der Waals surface area contributed by atoms with Gasteiger partial charge >= 0.3 is 6.09 Å². The van der Waals surface area contributed by atoms with Gasteiger partial charge in [0, 0.05) is 25.3 Å². The largest absolute Gasteiger partial charge is 0.444 e. The maximum Gasteiger partial charge on any atom is 0.407 e. The van der Waals surface area contributed by atoms with E-state index in [-0.39, 0.29) is 0 Å². The second-order valence-corrected chi connectivity index (χ2v) is 6.74. The molecule has 0 aliphatic carbocycles. The molecule has 1 heterocycles. The zero-order valence-electron chi connectivity index (χ0n) is 15.6. The van der Waals surface area contributed by atoms with Crippen molar-refractivity contribution in [2.24, 2.45) is 0 Å². The number of fused-ring (bicyclic) bond motifs is 1. The molecule has 1 aromatic carbocycles. The molecule has 2 N–H and O–H groups in total. The molecule has 0 saturated carbocycles. The Labute approximate surface area is 148 Å². The number of nitrogens with one attached hydrogen (secondary N) is 2. The van der Waals surface area contributed by atoms with E-state index in [0.717, 1.165) is 22.2 Å². The number of rotatable bonds is 7. The van der Waals surface area contributed by atoms with E-state index in [4.69, 9.17) is 14.2 Å². The summed E-state index contributed by atoms with van der Waals surface area (Å²) in [5.74, 6) is 0. The molecule has 1 aromatic heterocycles. The number of aromatic amines is 1. The lowest BCUT2D eigenvalue weighted by atomic mass is 10.1. The molecule has 25 heavy (non-hydrogen) atoms. The van der Waals surface area contributed by atoms with Crippen molar-refractivity contribution in [2.45, 2.75) is 53.1 Å². The van der Waals surface area contributed by atoms with Gasteiger partial charge in [-0.3, -0.25) is 0 Å².